The first kappa shape index (κ1) is 13.6. The van der Waals surface area contributed by atoms with Crippen molar-refractivity contribution in [2.24, 2.45) is 7.05 Å². The summed E-state index contributed by atoms with van der Waals surface area (Å²) in [4.78, 5) is 18.4. The highest BCUT2D eigenvalue weighted by atomic mass is 32.1. The fraction of sp³-hybridized carbons (Fsp3) is 0.417. The lowest BCUT2D eigenvalue weighted by atomic mass is 10.1. The zero-order valence-corrected chi connectivity index (χ0v) is 11.6. The van der Waals surface area contributed by atoms with E-state index in [1.54, 1.807) is 11.5 Å². The Morgan fingerprint density at radius 1 is 1.29 bits per heavy atom. The summed E-state index contributed by atoms with van der Waals surface area (Å²) in [5, 5.41) is 0.934. The fourth-order valence-electron chi connectivity index (χ4n) is 1.49. The van der Waals surface area contributed by atoms with Crippen LogP contribution in [0.2, 0.25) is 0 Å². The molecule has 0 aromatic carbocycles. The smallest absolute Gasteiger partial charge is 0.252 e. The van der Waals surface area contributed by atoms with E-state index in [2.05, 4.69) is 9.97 Å². The molecule has 0 unspecified atom stereocenters. The van der Waals surface area contributed by atoms with Crippen LogP contribution in [0.25, 0.3) is 11.0 Å². The molecule has 0 amide bonds. The fourth-order valence-corrected chi connectivity index (χ4v) is 1.63. The third-order valence-electron chi connectivity index (χ3n) is 2.63. The number of pyridine rings is 1. The van der Waals surface area contributed by atoms with Crippen LogP contribution >= 0.6 is 12.2 Å². The largest absolute Gasteiger partial charge is 0.326 e. The number of nitrogens with one attached hydrogen (secondary N) is 1. The number of hydrogen-bond acceptors (Lipinski definition) is 3. The highest BCUT2D eigenvalue weighted by Gasteiger charge is 2.06. The molecule has 5 heteroatoms. The Kier molecular flexibility index (Phi) is 4.17. The number of H-pyrrole nitrogens is 1. The highest BCUT2D eigenvalue weighted by molar-refractivity contribution is 7.71. The SMILES string of the molecule is CC.Cc1c(C)c2cn(C)c(=S)nc2[nH]c1=O. The van der Waals surface area contributed by atoms with Crippen molar-refractivity contribution in [1.82, 2.24) is 14.5 Å². The summed E-state index contributed by atoms with van der Waals surface area (Å²) in [6.07, 6.45) is 1.89. The number of hydrogen-bond donors (Lipinski definition) is 1. The standard InChI is InChI=1S/C10H11N3OS.C2H6/c1-5-6(2)9(14)11-8-7(5)4-13(3)10(15)12-8;1-2/h4H,1-3H3,(H,11,12,14,15);1-2H3. The van der Waals surface area contributed by atoms with Gasteiger partial charge in [-0.25, -0.2) is 4.98 Å². The molecular weight excluding hydrogens is 234 g/mol. The lowest BCUT2D eigenvalue weighted by Gasteiger charge is -2.06. The molecule has 0 bridgehead atoms. The number of rotatable bonds is 0. The van der Waals surface area contributed by atoms with Crippen molar-refractivity contribution in [1.29, 1.82) is 0 Å². The van der Waals surface area contributed by atoms with Crippen molar-refractivity contribution in [2.75, 3.05) is 0 Å². The first-order chi connectivity index (χ1) is 8.00. The zero-order chi connectivity index (χ0) is 13.2. The summed E-state index contributed by atoms with van der Waals surface area (Å²) in [6, 6.07) is 0. The van der Waals surface area contributed by atoms with Gasteiger partial charge in [0.1, 0.15) is 5.65 Å². The molecule has 0 radical (unpaired) electrons. The number of aromatic nitrogens is 3. The van der Waals surface area contributed by atoms with Crippen molar-refractivity contribution >= 4 is 23.3 Å². The zero-order valence-electron chi connectivity index (χ0n) is 10.8. The van der Waals surface area contributed by atoms with E-state index in [4.69, 9.17) is 12.2 Å². The van der Waals surface area contributed by atoms with Gasteiger partial charge in [0, 0.05) is 24.2 Å². The Morgan fingerprint density at radius 3 is 2.47 bits per heavy atom. The summed E-state index contributed by atoms with van der Waals surface area (Å²) < 4.78 is 2.23. The summed E-state index contributed by atoms with van der Waals surface area (Å²) in [5.74, 6) is 0. The molecule has 1 N–H and O–H groups in total. The maximum Gasteiger partial charge on any atom is 0.252 e. The first-order valence-corrected chi connectivity index (χ1v) is 5.98. The van der Waals surface area contributed by atoms with Crippen LogP contribution in [-0.2, 0) is 7.05 Å². The normalized spacial score (nSPS) is 9.94. The average Bonchev–Trinajstić information content (AvgIpc) is 2.32. The minimum absolute atomic E-state index is 0.101. The van der Waals surface area contributed by atoms with Gasteiger partial charge in [0.15, 0.2) is 0 Å². The van der Waals surface area contributed by atoms with Gasteiger partial charge in [-0.3, -0.25) is 4.79 Å². The Labute approximate surface area is 105 Å². The van der Waals surface area contributed by atoms with E-state index >= 15 is 0 Å². The second kappa shape index (κ2) is 5.23. The van der Waals surface area contributed by atoms with Gasteiger partial charge >= 0.3 is 0 Å². The second-order valence-electron chi connectivity index (χ2n) is 3.60. The summed E-state index contributed by atoms with van der Waals surface area (Å²) in [7, 11) is 1.84. The number of nitrogens with zero attached hydrogens (tertiary/aromatic N) is 2. The molecule has 2 rings (SSSR count). The average molecular weight is 251 g/mol. The molecule has 2 aromatic heterocycles. The van der Waals surface area contributed by atoms with Crippen LogP contribution in [0, 0.1) is 18.6 Å². The van der Waals surface area contributed by atoms with Crippen molar-refractivity contribution in [2.45, 2.75) is 27.7 Å². The van der Waals surface area contributed by atoms with Crippen LogP contribution in [0.4, 0.5) is 0 Å². The van der Waals surface area contributed by atoms with Gasteiger partial charge in [-0.2, -0.15) is 0 Å². The van der Waals surface area contributed by atoms with Gasteiger partial charge in [0.25, 0.3) is 5.56 Å². The van der Waals surface area contributed by atoms with E-state index in [0.29, 0.717) is 10.4 Å². The van der Waals surface area contributed by atoms with Crippen molar-refractivity contribution in [3.05, 3.63) is 32.4 Å². The number of aryl methyl sites for hydroxylation is 2. The van der Waals surface area contributed by atoms with Gasteiger partial charge in [0.2, 0.25) is 4.77 Å². The minimum Gasteiger partial charge on any atom is -0.326 e. The molecule has 0 aliphatic carbocycles. The first-order valence-electron chi connectivity index (χ1n) is 5.57. The Bertz CT molecular complexity index is 650. The Balaban J connectivity index is 0.000000686. The Morgan fingerprint density at radius 2 is 1.88 bits per heavy atom. The molecule has 0 saturated carbocycles. The van der Waals surface area contributed by atoms with Crippen LogP contribution < -0.4 is 5.56 Å². The van der Waals surface area contributed by atoms with Gasteiger partial charge in [-0.05, 0) is 31.6 Å². The van der Waals surface area contributed by atoms with Crippen LogP contribution in [0.1, 0.15) is 25.0 Å². The number of aromatic amines is 1. The molecule has 92 valence electrons. The molecule has 0 saturated heterocycles. The summed E-state index contributed by atoms with van der Waals surface area (Å²) >= 11 is 5.03. The predicted octanol–water partition coefficient (Wildman–Crippen LogP) is 2.63. The van der Waals surface area contributed by atoms with E-state index < -0.39 is 0 Å². The molecule has 0 aliphatic heterocycles. The summed E-state index contributed by atoms with van der Waals surface area (Å²) in [5.41, 5.74) is 2.13. The van der Waals surface area contributed by atoms with Gasteiger partial charge in [-0.15, -0.1) is 0 Å². The molecule has 2 heterocycles. The van der Waals surface area contributed by atoms with Gasteiger partial charge in [0.05, 0.1) is 0 Å². The molecule has 0 atom stereocenters. The van der Waals surface area contributed by atoms with E-state index in [0.717, 1.165) is 16.5 Å². The highest BCUT2D eigenvalue weighted by Crippen LogP contribution is 2.14. The lowest BCUT2D eigenvalue weighted by Crippen LogP contribution is -2.13. The van der Waals surface area contributed by atoms with E-state index in [9.17, 15) is 4.79 Å². The summed E-state index contributed by atoms with van der Waals surface area (Å²) in [6.45, 7) is 7.72. The van der Waals surface area contributed by atoms with Crippen molar-refractivity contribution in [3.63, 3.8) is 0 Å². The molecule has 0 fully saturated rings. The quantitative estimate of drug-likeness (QED) is 0.732. The second-order valence-corrected chi connectivity index (χ2v) is 3.97. The molecule has 4 nitrogen and oxygen atoms in total. The Hall–Kier alpha value is -1.49. The van der Waals surface area contributed by atoms with Gasteiger partial charge < -0.3 is 9.55 Å². The third kappa shape index (κ3) is 2.44. The lowest BCUT2D eigenvalue weighted by molar-refractivity contribution is 0.854. The van der Waals surface area contributed by atoms with E-state index in [1.807, 2.05) is 34.0 Å². The molecule has 17 heavy (non-hydrogen) atoms. The van der Waals surface area contributed by atoms with Crippen LogP contribution in [-0.4, -0.2) is 14.5 Å². The van der Waals surface area contributed by atoms with E-state index in [-0.39, 0.29) is 5.56 Å². The molecular formula is C12H17N3OS. The van der Waals surface area contributed by atoms with Crippen LogP contribution in [0.3, 0.4) is 0 Å². The third-order valence-corrected chi connectivity index (χ3v) is 3.01. The van der Waals surface area contributed by atoms with E-state index in [1.165, 1.54) is 0 Å². The monoisotopic (exact) mass is 251 g/mol. The molecule has 2 aromatic rings. The van der Waals surface area contributed by atoms with Crippen LogP contribution in [0.5, 0.6) is 0 Å². The molecule has 0 spiro atoms. The van der Waals surface area contributed by atoms with Gasteiger partial charge in [-0.1, -0.05) is 13.8 Å². The number of fused-ring (bicyclic) bond motifs is 1. The van der Waals surface area contributed by atoms with Crippen molar-refractivity contribution in [3.8, 4) is 0 Å². The maximum absolute atomic E-state index is 11.5. The molecule has 0 aliphatic rings. The maximum atomic E-state index is 11.5. The topological polar surface area (TPSA) is 50.7 Å². The predicted molar refractivity (Wildman–Crippen MR) is 73.0 cm³/mol. The van der Waals surface area contributed by atoms with Crippen molar-refractivity contribution < 1.29 is 0 Å². The van der Waals surface area contributed by atoms with Crippen LogP contribution in [0.15, 0.2) is 11.0 Å². The minimum atomic E-state index is -0.101.